The van der Waals surface area contributed by atoms with E-state index in [9.17, 15) is 0 Å². The molecule has 0 fully saturated rings. The maximum atomic E-state index is 5.94. The number of nitrogens with zero attached hydrogens (tertiary/aromatic N) is 3. The lowest BCUT2D eigenvalue weighted by atomic mass is 9.98. The highest BCUT2D eigenvalue weighted by Gasteiger charge is 2.18. The van der Waals surface area contributed by atoms with Crippen molar-refractivity contribution in [3.05, 3.63) is 47.7 Å². The number of aromatic nitrogens is 2. The molecule has 0 amide bonds. The number of ether oxygens (including phenoxy) is 1. The average molecular weight is 329 g/mol. The normalized spacial score (nSPS) is 16.9. The molecule has 122 valence electrons. The highest BCUT2D eigenvalue weighted by atomic mass is 32.1. The first-order valence-corrected chi connectivity index (χ1v) is 8.85. The molecule has 5 heteroatoms. The first-order chi connectivity index (χ1) is 11.2. The first kappa shape index (κ1) is 16.1. The summed E-state index contributed by atoms with van der Waals surface area (Å²) in [6, 6.07) is 10.6. The van der Waals surface area contributed by atoms with Gasteiger partial charge < -0.3 is 9.64 Å². The average Bonchev–Trinajstić information content (AvgIpc) is 3.04. The molecule has 3 rings (SSSR count). The lowest BCUT2D eigenvalue weighted by Crippen LogP contribution is -2.25. The van der Waals surface area contributed by atoms with E-state index in [2.05, 4.69) is 64.0 Å². The highest BCUT2D eigenvalue weighted by molar-refractivity contribution is 6.99. The summed E-state index contributed by atoms with van der Waals surface area (Å²) >= 11 is 1.23. The van der Waals surface area contributed by atoms with Gasteiger partial charge in [-0.25, -0.2) is 0 Å². The zero-order chi connectivity index (χ0) is 16.1. The van der Waals surface area contributed by atoms with E-state index in [1.807, 2.05) is 0 Å². The second kappa shape index (κ2) is 7.70. The van der Waals surface area contributed by atoms with Gasteiger partial charge in [0.1, 0.15) is 5.69 Å². The molecule has 0 saturated heterocycles. The van der Waals surface area contributed by atoms with E-state index in [0.717, 1.165) is 31.6 Å². The first-order valence-electron chi connectivity index (χ1n) is 8.12. The summed E-state index contributed by atoms with van der Waals surface area (Å²) < 4.78 is 14.7. The van der Waals surface area contributed by atoms with Gasteiger partial charge in [-0.15, -0.1) is 4.37 Å². The second-order valence-corrected chi connectivity index (χ2v) is 6.65. The maximum Gasteiger partial charge on any atom is 0.253 e. The van der Waals surface area contributed by atoms with Crippen molar-refractivity contribution in [2.24, 2.45) is 0 Å². The SMILES string of the molecule is CC(CCOc1nsnc1C1=CCCN(C)C1)c1ccccc1. The van der Waals surface area contributed by atoms with Crippen LogP contribution in [0.3, 0.4) is 0 Å². The highest BCUT2D eigenvalue weighted by Crippen LogP contribution is 2.27. The molecule has 0 radical (unpaired) electrons. The molecule has 1 unspecified atom stereocenters. The predicted octanol–water partition coefficient (Wildman–Crippen LogP) is 3.83. The van der Waals surface area contributed by atoms with Gasteiger partial charge in [-0.05, 0) is 36.9 Å². The summed E-state index contributed by atoms with van der Waals surface area (Å²) in [5.41, 5.74) is 3.51. The third kappa shape index (κ3) is 4.18. The molecule has 2 aromatic rings. The van der Waals surface area contributed by atoms with Gasteiger partial charge in [0.2, 0.25) is 0 Å². The number of benzene rings is 1. The molecule has 1 aliphatic rings. The Morgan fingerprint density at radius 2 is 2.09 bits per heavy atom. The van der Waals surface area contributed by atoms with E-state index in [-0.39, 0.29) is 0 Å². The van der Waals surface area contributed by atoms with Crippen LogP contribution in [0.25, 0.3) is 5.57 Å². The van der Waals surface area contributed by atoms with Crippen molar-refractivity contribution in [1.29, 1.82) is 0 Å². The van der Waals surface area contributed by atoms with Gasteiger partial charge in [0.05, 0.1) is 18.3 Å². The molecule has 1 aromatic heterocycles. The summed E-state index contributed by atoms with van der Waals surface area (Å²) in [6.45, 7) is 4.92. The smallest absolute Gasteiger partial charge is 0.253 e. The molecule has 2 heterocycles. The lowest BCUT2D eigenvalue weighted by Gasteiger charge is -2.22. The molecule has 0 aliphatic carbocycles. The topological polar surface area (TPSA) is 38.3 Å². The molecule has 1 aromatic carbocycles. The van der Waals surface area contributed by atoms with Gasteiger partial charge in [-0.3, -0.25) is 0 Å². The van der Waals surface area contributed by atoms with Crippen molar-refractivity contribution in [3.8, 4) is 5.88 Å². The molecule has 0 saturated carbocycles. The quantitative estimate of drug-likeness (QED) is 0.807. The minimum Gasteiger partial charge on any atom is -0.475 e. The predicted molar refractivity (Wildman–Crippen MR) is 95.0 cm³/mol. The van der Waals surface area contributed by atoms with Crippen LogP contribution in [-0.2, 0) is 0 Å². The zero-order valence-electron chi connectivity index (χ0n) is 13.7. The monoisotopic (exact) mass is 329 g/mol. The van der Waals surface area contributed by atoms with Crippen LogP contribution in [-0.4, -0.2) is 40.4 Å². The van der Waals surface area contributed by atoms with Crippen molar-refractivity contribution >= 4 is 17.3 Å². The van der Waals surface area contributed by atoms with Gasteiger partial charge in [-0.1, -0.05) is 43.3 Å². The number of hydrogen-bond acceptors (Lipinski definition) is 5. The Bertz CT molecular complexity index is 653. The Morgan fingerprint density at radius 3 is 2.87 bits per heavy atom. The number of likely N-dealkylation sites (N-methyl/N-ethyl adjacent to an activating group) is 1. The van der Waals surface area contributed by atoms with Crippen LogP contribution in [0.15, 0.2) is 36.4 Å². The van der Waals surface area contributed by atoms with Crippen molar-refractivity contribution in [2.45, 2.75) is 25.7 Å². The van der Waals surface area contributed by atoms with E-state index in [1.165, 1.54) is 22.9 Å². The fraction of sp³-hybridized carbons (Fsp3) is 0.444. The molecule has 4 nitrogen and oxygen atoms in total. The Balaban J connectivity index is 1.57. The molecule has 0 N–H and O–H groups in total. The van der Waals surface area contributed by atoms with Crippen molar-refractivity contribution < 1.29 is 4.74 Å². The third-order valence-electron chi connectivity index (χ3n) is 4.26. The largest absolute Gasteiger partial charge is 0.475 e. The van der Waals surface area contributed by atoms with Gasteiger partial charge in [0.25, 0.3) is 5.88 Å². The molecular formula is C18H23N3OS. The van der Waals surface area contributed by atoms with Gasteiger partial charge in [0.15, 0.2) is 0 Å². The van der Waals surface area contributed by atoms with Crippen LogP contribution in [0.4, 0.5) is 0 Å². The molecule has 23 heavy (non-hydrogen) atoms. The molecule has 1 atom stereocenters. The minimum atomic E-state index is 0.478. The second-order valence-electron chi connectivity index (χ2n) is 6.12. The summed E-state index contributed by atoms with van der Waals surface area (Å²) in [7, 11) is 2.13. The van der Waals surface area contributed by atoms with Crippen molar-refractivity contribution in [3.63, 3.8) is 0 Å². The van der Waals surface area contributed by atoms with Gasteiger partial charge >= 0.3 is 0 Å². The van der Waals surface area contributed by atoms with E-state index >= 15 is 0 Å². The Hall–Kier alpha value is -1.72. The summed E-state index contributed by atoms with van der Waals surface area (Å²) in [5, 5.41) is 0. The lowest BCUT2D eigenvalue weighted by molar-refractivity contribution is 0.290. The van der Waals surface area contributed by atoms with Crippen LogP contribution in [0, 0.1) is 0 Å². The van der Waals surface area contributed by atoms with Crippen LogP contribution in [0.5, 0.6) is 5.88 Å². The zero-order valence-corrected chi connectivity index (χ0v) is 14.6. The van der Waals surface area contributed by atoms with Crippen molar-refractivity contribution in [1.82, 2.24) is 13.6 Å². The van der Waals surface area contributed by atoms with Crippen LogP contribution in [0.2, 0.25) is 0 Å². The molecule has 0 bridgehead atoms. The van der Waals surface area contributed by atoms with Gasteiger partial charge in [-0.2, -0.15) is 4.37 Å². The fourth-order valence-corrected chi connectivity index (χ4v) is 3.35. The number of hydrogen-bond donors (Lipinski definition) is 0. The molecule has 0 spiro atoms. The molecular weight excluding hydrogens is 306 g/mol. The van der Waals surface area contributed by atoms with Crippen LogP contribution in [0.1, 0.15) is 36.9 Å². The minimum absolute atomic E-state index is 0.478. The standard InChI is InChI=1S/C18H23N3OS/c1-14(15-7-4-3-5-8-15)10-12-22-18-17(19-23-20-18)16-9-6-11-21(2)13-16/h3-5,7-9,14H,6,10-13H2,1-2H3. The molecule has 1 aliphatic heterocycles. The third-order valence-corrected chi connectivity index (χ3v) is 4.77. The van der Waals surface area contributed by atoms with E-state index in [0.29, 0.717) is 18.4 Å². The number of rotatable bonds is 6. The van der Waals surface area contributed by atoms with Gasteiger partial charge in [0, 0.05) is 13.1 Å². The fourth-order valence-electron chi connectivity index (χ4n) is 2.82. The Labute approximate surface area is 142 Å². The van der Waals surface area contributed by atoms with Crippen LogP contribution < -0.4 is 4.74 Å². The summed E-state index contributed by atoms with van der Waals surface area (Å²) in [5.74, 6) is 1.17. The van der Waals surface area contributed by atoms with E-state index in [1.54, 1.807) is 0 Å². The van der Waals surface area contributed by atoms with Crippen molar-refractivity contribution in [2.75, 3.05) is 26.7 Å². The van der Waals surface area contributed by atoms with E-state index in [4.69, 9.17) is 4.74 Å². The Kier molecular flexibility index (Phi) is 5.41. The van der Waals surface area contributed by atoms with E-state index < -0.39 is 0 Å². The Morgan fingerprint density at radius 1 is 1.26 bits per heavy atom. The maximum absolute atomic E-state index is 5.94. The summed E-state index contributed by atoms with van der Waals surface area (Å²) in [4.78, 5) is 2.30. The van der Waals surface area contributed by atoms with Crippen LogP contribution >= 0.6 is 11.7 Å². The summed E-state index contributed by atoms with van der Waals surface area (Å²) in [6.07, 6.45) is 4.30.